The highest BCUT2D eigenvalue weighted by Gasteiger charge is 2.20. The molecule has 1 aromatic carbocycles. The first kappa shape index (κ1) is 13.1. The Hall–Kier alpha value is -0.330. The fraction of sp³-hybridized carbons (Fsp3) is 0.0909. The molecule has 2 rings (SSSR count). The summed E-state index contributed by atoms with van der Waals surface area (Å²) in [6, 6.07) is 3.24. The highest BCUT2D eigenvalue weighted by atomic mass is 79.9. The average molecular weight is 386 g/mol. The molecule has 1 atom stereocenters. The maximum Gasteiger partial charge on any atom is 0.161 e. The van der Waals surface area contributed by atoms with Crippen molar-refractivity contribution in [3.63, 3.8) is 0 Å². The molecule has 0 aliphatic heterocycles. The number of hydrogen-bond donors (Lipinski definition) is 0. The number of benzene rings is 1. The van der Waals surface area contributed by atoms with Gasteiger partial charge in [0.05, 0.1) is 4.83 Å². The van der Waals surface area contributed by atoms with Crippen LogP contribution in [-0.2, 0) is 0 Å². The second kappa shape index (κ2) is 5.12. The smallest absolute Gasteiger partial charge is 0.161 e. The standard InChI is InChI=1S/C11H5Br2F3S/c12-6-1-2-17-11(6)10(13)5-3-8(15)9(16)4-7(5)14/h1-4,10H. The van der Waals surface area contributed by atoms with Gasteiger partial charge in [-0.15, -0.1) is 11.3 Å². The molecule has 0 fully saturated rings. The van der Waals surface area contributed by atoms with Crippen molar-refractivity contribution < 1.29 is 13.2 Å². The summed E-state index contributed by atoms with van der Waals surface area (Å²) in [7, 11) is 0. The molecule has 0 radical (unpaired) electrons. The summed E-state index contributed by atoms with van der Waals surface area (Å²) in [5.41, 5.74) is 0.0760. The molecule has 6 heteroatoms. The van der Waals surface area contributed by atoms with Gasteiger partial charge >= 0.3 is 0 Å². The molecule has 1 heterocycles. The fourth-order valence-corrected chi connectivity index (χ4v) is 4.18. The first-order valence-corrected chi connectivity index (χ1v) is 7.11. The van der Waals surface area contributed by atoms with Crippen molar-refractivity contribution in [2.24, 2.45) is 0 Å². The van der Waals surface area contributed by atoms with Gasteiger partial charge in [0.25, 0.3) is 0 Å². The molecule has 2 aromatic rings. The van der Waals surface area contributed by atoms with E-state index in [1.54, 1.807) is 0 Å². The van der Waals surface area contributed by atoms with Gasteiger partial charge in [-0.05, 0) is 33.4 Å². The van der Waals surface area contributed by atoms with E-state index in [0.29, 0.717) is 6.07 Å². The zero-order valence-corrected chi connectivity index (χ0v) is 12.2. The zero-order valence-electron chi connectivity index (χ0n) is 8.18. The average Bonchev–Trinajstić information content (AvgIpc) is 2.69. The van der Waals surface area contributed by atoms with Gasteiger partial charge in [-0.25, -0.2) is 13.2 Å². The third-order valence-electron chi connectivity index (χ3n) is 2.19. The third-order valence-corrected chi connectivity index (χ3v) is 5.38. The van der Waals surface area contributed by atoms with E-state index in [0.717, 1.165) is 15.4 Å². The molecule has 0 aliphatic carbocycles. The molecule has 0 spiro atoms. The van der Waals surface area contributed by atoms with Crippen LogP contribution in [-0.4, -0.2) is 0 Å². The minimum Gasteiger partial charge on any atom is -0.207 e. The number of alkyl halides is 1. The highest BCUT2D eigenvalue weighted by Crippen LogP contribution is 2.40. The largest absolute Gasteiger partial charge is 0.207 e. The Balaban J connectivity index is 2.48. The van der Waals surface area contributed by atoms with E-state index in [-0.39, 0.29) is 5.56 Å². The van der Waals surface area contributed by atoms with Crippen LogP contribution in [0.15, 0.2) is 28.1 Å². The second-order valence-electron chi connectivity index (χ2n) is 3.28. The molecule has 0 saturated carbocycles. The molecule has 17 heavy (non-hydrogen) atoms. The van der Waals surface area contributed by atoms with Gasteiger partial charge in [0.2, 0.25) is 0 Å². The summed E-state index contributed by atoms with van der Waals surface area (Å²) in [5.74, 6) is -3.01. The topological polar surface area (TPSA) is 0 Å². The summed E-state index contributed by atoms with van der Waals surface area (Å²) in [6.45, 7) is 0. The van der Waals surface area contributed by atoms with Crippen molar-refractivity contribution in [2.75, 3.05) is 0 Å². The van der Waals surface area contributed by atoms with Crippen molar-refractivity contribution in [2.45, 2.75) is 4.83 Å². The maximum absolute atomic E-state index is 13.6. The normalized spacial score (nSPS) is 12.8. The zero-order chi connectivity index (χ0) is 12.6. The Morgan fingerprint density at radius 2 is 1.71 bits per heavy atom. The Morgan fingerprint density at radius 3 is 2.29 bits per heavy atom. The number of hydrogen-bond acceptors (Lipinski definition) is 1. The fourth-order valence-electron chi connectivity index (χ4n) is 1.36. The summed E-state index contributed by atoms with van der Waals surface area (Å²) in [5, 5.41) is 1.82. The molecule has 0 saturated heterocycles. The van der Waals surface area contributed by atoms with E-state index >= 15 is 0 Å². The minimum absolute atomic E-state index is 0.0760. The van der Waals surface area contributed by atoms with Gasteiger partial charge in [0, 0.05) is 21.0 Å². The number of thiophene rings is 1. The van der Waals surface area contributed by atoms with Gasteiger partial charge in [-0.3, -0.25) is 0 Å². The Morgan fingerprint density at radius 1 is 1.06 bits per heavy atom. The third kappa shape index (κ3) is 2.58. The minimum atomic E-state index is -1.18. The van der Waals surface area contributed by atoms with Gasteiger partial charge in [-0.2, -0.15) is 0 Å². The predicted octanol–water partition coefficient (Wildman–Crippen LogP) is 5.41. The van der Waals surface area contributed by atoms with Gasteiger partial charge in [-0.1, -0.05) is 15.9 Å². The second-order valence-corrected chi connectivity index (χ2v) is 6.00. The lowest BCUT2D eigenvalue weighted by Gasteiger charge is -2.10. The molecular weight excluding hydrogens is 381 g/mol. The van der Waals surface area contributed by atoms with Crippen molar-refractivity contribution in [3.05, 3.63) is 55.9 Å². The molecule has 0 nitrogen and oxygen atoms in total. The SMILES string of the molecule is Fc1cc(F)c(C(Br)c2sccc2Br)cc1F. The first-order valence-electron chi connectivity index (χ1n) is 4.52. The summed E-state index contributed by atoms with van der Waals surface area (Å²) < 4.78 is 40.3. The first-order chi connectivity index (χ1) is 8.00. The predicted molar refractivity (Wildman–Crippen MR) is 69.1 cm³/mol. The van der Waals surface area contributed by atoms with Crippen molar-refractivity contribution in [3.8, 4) is 0 Å². The van der Waals surface area contributed by atoms with E-state index in [2.05, 4.69) is 31.9 Å². The molecule has 0 N–H and O–H groups in total. The lowest BCUT2D eigenvalue weighted by molar-refractivity contribution is 0.491. The Bertz CT molecular complexity index is 554. The van der Waals surface area contributed by atoms with Crippen LogP contribution in [0.2, 0.25) is 0 Å². The van der Waals surface area contributed by atoms with Gasteiger partial charge in [0.1, 0.15) is 5.82 Å². The molecule has 90 valence electrons. The van der Waals surface area contributed by atoms with Crippen molar-refractivity contribution in [1.82, 2.24) is 0 Å². The number of rotatable bonds is 2. The van der Waals surface area contributed by atoms with Gasteiger partial charge in [0.15, 0.2) is 11.6 Å². The Kier molecular flexibility index (Phi) is 3.95. The lowest BCUT2D eigenvalue weighted by atomic mass is 10.1. The maximum atomic E-state index is 13.6. The van der Waals surface area contributed by atoms with Crippen LogP contribution in [0.25, 0.3) is 0 Å². The van der Waals surface area contributed by atoms with Crippen LogP contribution in [0.5, 0.6) is 0 Å². The number of halogens is 5. The monoisotopic (exact) mass is 384 g/mol. The van der Waals surface area contributed by atoms with Crippen LogP contribution in [0, 0.1) is 17.5 Å². The van der Waals surface area contributed by atoms with Crippen LogP contribution >= 0.6 is 43.2 Å². The summed E-state index contributed by atoms with van der Waals surface area (Å²) >= 11 is 7.99. The molecule has 0 bridgehead atoms. The van der Waals surface area contributed by atoms with Crippen LogP contribution < -0.4 is 0 Å². The highest BCUT2D eigenvalue weighted by molar-refractivity contribution is 9.11. The van der Waals surface area contributed by atoms with E-state index in [1.165, 1.54) is 11.3 Å². The summed E-state index contributed by atoms with van der Waals surface area (Å²) in [4.78, 5) is 0.293. The molecule has 1 aromatic heterocycles. The molecule has 0 aliphatic rings. The summed E-state index contributed by atoms with van der Waals surface area (Å²) in [6.07, 6.45) is 0. The van der Waals surface area contributed by atoms with E-state index < -0.39 is 22.3 Å². The van der Waals surface area contributed by atoms with Crippen LogP contribution in [0.3, 0.4) is 0 Å². The van der Waals surface area contributed by atoms with Crippen LogP contribution in [0.4, 0.5) is 13.2 Å². The molecular formula is C11H5Br2F3S. The van der Waals surface area contributed by atoms with Crippen molar-refractivity contribution >= 4 is 43.2 Å². The van der Waals surface area contributed by atoms with E-state index in [1.807, 2.05) is 11.4 Å². The van der Waals surface area contributed by atoms with Gasteiger partial charge < -0.3 is 0 Å². The quantitative estimate of drug-likeness (QED) is 0.478. The van der Waals surface area contributed by atoms with E-state index in [4.69, 9.17) is 0 Å². The lowest BCUT2D eigenvalue weighted by Crippen LogP contribution is -1.98. The molecule has 0 amide bonds. The molecule has 1 unspecified atom stereocenters. The van der Waals surface area contributed by atoms with Crippen LogP contribution in [0.1, 0.15) is 15.3 Å². The van der Waals surface area contributed by atoms with E-state index in [9.17, 15) is 13.2 Å². The Labute approximate surface area is 117 Å². The van der Waals surface area contributed by atoms with Crippen molar-refractivity contribution in [1.29, 1.82) is 0 Å².